The van der Waals surface area contributed by atoms with E-state index in [0.29, 0.717) is 13.1 Å². The Kier molecular flexibility index (Phi) is 3.84. The number of methoxy groups -OCH3 is 2. The minimum Gasteiger partial charge on any atom is -0.480 e. The fourth-order valence-electron chi connectivity index (χ4n) is 1.99. The predicted molar refractivity (Wildman–Crippen MR) is 66.2 cm³/mol. The SMILES string of the molecule is COc1ncnc(OC)c1C(=O)N1CC([C@H](C)O)C1. The number of rotatable bonds is 4. The van der Waals surface area contributed by atoms with Gasteiger partial charge in [-0.2, -0.15) is 0 Å². The zero-order chi connectivity index (χ0) is 14.0. The number of aliphatic hydroxyl groups excluding tert-OH is 1. The summed E-state index contributed by atoms with van der Waals surface area (Å²) in [5, 5.41) is 9.43. The van der Waals surface area contributed by atoms with Crippen LogP contribution in [0.1, 0.15) is 17.3 Å². The molecular weight excluding hydrogens is 250 g/mol. The molecule has 0 spiro atoms. The van der Waals surface area contributed by atoms with Gasteiger partial charge in [0.05, 0.1) is 20.3 Å². The van der Waals surface area contributed by atoms with E-state index in [0.717, 1.165) is 0 Å². The van der Waals surface area contributed by atoms with Crippen molar-refractivity contribution in [2.24, 2.45) is 5.92 Å². The van der Waals surface area contributed by atoms with E-state index in [1.54, 1.807) is 11.8 Å². The van der Waals surface area contributed by atoms with Crippen LogP contribution < -0.4 is 9.47 Å². The van der Waals surface area contributed by atoms with Gasteiger partial charge in [-0.3, -0.25) is 4.79 Å². The van der Waals surface area contributed by atoms with E-state index >= 15 is 0 Å². The summed E-state index contributed by atoms with van der Waals surface area (Å²) in [6.45, 7) is 2.74. The van der Waals surface area contributed by atoms with Crippen LogP contribution in [0.5, 0.6) is 11.8 Å². The van der Waals surface area contributed by atoms with E-state index in [1.807, 2.05) is 0 Å². The molecule has 1 amide bonds. The van der Waals surface area contributed by atoms with Crippen LogP contribution in [0.3, 0.4) is 0 Å². The molecule has 0 bridgehead atoms. The molecule has 0 saturated carbocycles. The van der Waals surface area contributed by atoms with E-state index in [1.165, 1.54) is 20.5 Å². The third-order valence-electron chi connectivity index (χ3n) is 3.26. The normalized spacial score (nSPS) is 16.7. The quantitative estimate of drug-likeness (QED) is 0.823. The van der Waals surface area contributed by atoms with Crippen LogP contribution in [0, 0.1) is 5.92 Å². The van der Waals surface area contributed by atoms with Crippen molar-refractivity contribution in [3.05, 3.63) is 11.9 Å². The van der Waals surface area contributed by atoms with E-state index < -0.39 is 6.10 Å². The third-order valence-corrected chi connectivity index (χ3v) is 3.26. The molecule has 7 nitrogen and oxygen atoms in total. The summed E-state index contributed by atoms with van der Waals surface area (Å²) in [7, 11) is 2.88. The number of aromatic nitrogens is 2. The third kappa shape index (κ3) is 2.46. The molecule has 1 fully saturated rings. The van der Waals surface area contributed by atoms with Crippen LogP contribution in [0.15, 0.2) is 6.33 Å². The van der Waals surface area contributed by atoms with E-state index in [2.05, 4.69) is 9.97 Å². The van der Waals surface area contributed by atoms with Gasteiger partial charge in [0.25, 0.3) is 5.91 Å². The molecule has 0 aliphatic carbocycles. The number of carbonyl (C=O) groups excluding carboxylic acids is 1. The van der Waals surface area contributed by atoms with Crippen LogP contribution in [0.4, 0.5) is 0 Å². The molecule has 104 valence electrons. The Balaban J connectivity index is 2.20. The molecule has 0 unspecified atom stereocenters. The van der Waals surface area contributed by atoms with Crippen molar-refractivity contribution >= 4 is 5.91 Å². The number of ether oxygens (including phenoxy) is 2. The molecule has 2 rings (SSSR count). The number of likely N-dealkylation sites (tertiary alicyclic amines) is 1. The van der Waals surface area contributed by atoms with Crippen molar-refractivity contribution in [3.63, 3.8) is 0 Å². The van der Waals surface area contributed by atoms with Crippen molar-refractivity contribution in [1.29, 1.82) is 0 Å². The summed E-state index contributed by atoms with van der Waals surface area (Å²) in [5.74, 6) is 0.256. The van der Waals surface area contributed by atoms with Crippen LogP contribution in [-0.4, -0.2) is 59.3 Å². The molecule has 0 aromatic carbocycles. The summed E-state index contributed by atoms with van der Waals surface area (Å²) in [4.78, 5) is 21.8. The highest BCUT2D eigenvalue weighted by Crippen LogP contribution is 2.29. The monoisotopic (exact) mass is 267 g/mol. The lowest BCUT2D eigenvalue weighted by Gasteiger charge is -2.40. The molecule has 1 atom stereocenters. The number of hydrogen-bond acceptors (Lipinski definition) is 6. The van der Waals surface area contributed by atoms with Gasteiger partial charge in [0.2, 0.25) is 11.8 Å². The van der Waals surface area contributed by atoms with Gasteiger partial charge in [-0.1, -0.05) is 0 Å². The average molecular weight is 267 g/mol. The van der Waals surface area contributed by atoms with Crippen molar-refractivity contribution in [2.45, 2.75) is 13.0 Å². The molecule has 1 saturated heterocycles. The molecule has 19 heavy (non-hydrogen) atoms. The maximum Gasteiger partial charge on any atom is 0.264 e. The fraction of sp³-hybridized carbons (Fsp3) is 0.583. The number of carbonyl (C=O) groups is 1. The summed E-state index contributed by atoms with van der Waals surface area (Å²) < 4.78 is 10.1. The highest BCUT2D eigenvalue weighted by molar-refractivity contribution is 5.99. The lowest BCUT2D eigenvalue weighted by atomic mass is 9.94. The second kappa shape index (κ2) is 5.40. The van der Waals surface area contributed by atoms with Crippen LogP contribution in [0.25, 0.3) is 0 Å². The minimum atomic E-state index is -0.417. The number of amides is 1. The molecular formula is C12H17N3O4. The van der Waals surface area contributed by atoms with Crippen molar-refractivity contribution in [3.8, 4) is 11.8 Å². The first kappa shape index (κ1) is 13.5. The Hall–Kier alpha value is -1.89. The summed E-state index contributed by atoms with van der Waals surface area (Å²) in [6.07, 6.45) is 0.864. The van der Waals surface area contributed by atoms with Crippen LogP contribution >= 0.6 is 0 Å². The average Bonchev–Trinajstić information content (AvgIpc) is 2.35. The van der Waals surface area contributed by atoms with Crippen molar-refractivity contribution in [1.82, 2.24) is 14.9 Å². The first-order valence-electron chi connectivity index (χ1n) is 5.98. The molecule has 1 N–H and O–H groups in total. The van der Waals surface area contributed by atoms with Gasteiger partial charge in [0, 0.05) is 19.0 Å². The smallest absolute Gasteiger partial charge is 0.264 e. The number of nitrogens with zero attached hydrogens (tertiary/aromatic N) is 3. The lowest BCUT2D eigenvalue weighted by Crippen LogP contribution is -2.53. The number of aliphatic hydroxyl groups is 1. The van der Waals surface area contributed by atoms with Crippen molar-refractivity contribution < 1.29 is 19.4 Å². The largest absolute Gasteiger partial charge is 0.480 e. The van der Waals surface area contributed by atoms with Gasteiger partial charge >= 0.3 is 0 Å². The Morgan fingerprint density at radius 3 is 2.32 bits per heavy atom. The predicted octanol–water partition coefficient (Wildman–Crippen LogP) is -0.0534. The van der Waals surface area contributed by atoms with E-state index in [9.17, 15) is 9.90 Å². The minimum absolute atomic E-state index is 0.116. The topological polar surface area (TPSA) is 84.8 Å². The lowest BCUT2D eigenvalue weighted by molar-refractivity contribution is 0.00838. The molecule has 1 aromatic heterocycles. The first-order chi connectivity index (χ1) is 9.08. The molecule has 1 aromatic rings. The Bertz CT molecular complexity index is 450. The highest BCUT2D eigenvalue weighted by atomic mass is 16.5. The van der Waals surface area contributed by atoms with Gasteiger partial charge in [-0.15, -0.1) is 0 Å². The van der Waals surface area contributed by atoms with Gasteiger partial charge in [-0.25, -0.2) is 9.97 Å². The number of hydrogen-bond donors (Lipinski definition) is 1. The molecule has 2 heterocycles. The molecule has 7 heteroatoms. The van der Waals surface area contributed by atoms with Gasteiger partial charge in [0.15, 0.2) is 5.56 Å². The molecule has 0 radical (unpaired) electrons. The Morgan fingerprint density at radius 1 is 1.37 bits per heavy atom. The Morgan fingerprint density at radius 2 is 1.89 bits per heavy atom. The maximum atomic E-state index is 12.4. The van der Waals surface area contributed by atoms with E-state index in [4.69, 9.17) is 9.47 Å². The van der Waals surface area contributed by atoms with Gasteiger partial charge < -0.3 is 19.5 Å². The second-order valence-electron chi connectivity index (χ2n) is 4.48. The van der Waals surface area contributed by atoms with Crippen LogP contribution in [0.2, 0.25) is 0 Å². The van der Waals surface area contributed by atoms with E-state index in [-0.39, 0.29) is 29.1 Å². The summed E-state index contributed by atoms with van der Waals surface area (Å²) in [5.41, 5.74) is 0.219. The fourth-order valence-corrected chi connectivity index (χ4v) is 1.99. The van der Waals surface area contributed by atoms with Crippen molar-refractivity contribution in [2.75, 3.05) is 27.3 Å². The first-order valence-corrected chi connectivity index (χ1v) is 5.98. The highest BCUT2D eigenvalue weighted by Gasteiger charge is 2.36. The van der Waals surface area contributed by atoms with Gasteiger partial charge in [-0.05, 0) is 6.92 Å². The zero-order valence-corrected chi connectivity index (χ0v) is 11.2. The summed E-state index contributed by atoms with van der Waals surface area (Å²) >= 11 is 0. The van der Waals surface area contributed by atoms with Crippen LogP contribution in [-0.2, 0) is 0 Å². The molecule has 1 aliphatic heterocycles. The Labute approximate surface area is 111 Å². The summed E-state index contributed by atoms with van der Waals surface area (Å²) in [6, 6.07) is 0. The zero-order valence-electron chi connectivity index (χ0n) is 11.2. The maximum absolute atomic E-state index is 12.4. The second-order valence-corrected chi connectivity index (χ2v) is 4.48. The molecule has 1 aliphatic rings. The standard InChI is InChI=1S/C12H17N3O4/c1-7(16)8-4-15(5-8)12(17)9-10(18-2)13-6-14-11(9)19-3/h6-8,16H,4-5H2,1-3H3/t7-/m0/s1. The van der Waals surface area contributed by atoms with Gasteiger partial charge in [0.1, 0.15) is 6.33 Å².